The van der Waals surface area contributed by atoms with E-state index in [9.17, 15) is 9.59 Å². The predicted molar refractivity (Wildman–Crippen MR) is 102 cm³/mol. The summed E-state index contributed by atoms with van der Waals surface area (Å²) >= 11 is 7.25. The Morgan fingerprint density at radius 1 is 1.24 bits per heavy atom. The maximum absolute atomic E-state index is 12.4. The van der Waals surface area contributed by atoms with Gasteiger partial charge in [0.15, 0.2) is 5.17 Å². The summed E-state index contributed by atoms with van der Waals surface area (Å²) in [4.78, 5) is 30.5. The molecule has 5 nitrogen and oxygen atoms in total. The molecule has 0 aliphatic carbocycles. The monoisotopic (exact) mass is 373 g/mol. The molecular formula is C18H16ClN3O2S. The number of anilines is 1. The van der Waals surface area contributed by atoms with Crippen LogP contribution >= 0.6 is 23.4 Å². The van der Waals surface area contributed by atoms with E-state index in [4.69, 9.17) is 11.6 Å². The van der Waals surface area contributed by atoms with Gasteiger partial charge in [0.2, 0.25) is 11.8 Å². The third-order valence-corrected chi connectivity index (χ3v) is 5.07. The summed E-state index contributed by atoms with van der Waals surface area (Å²) < 4.78 is 0. The van der Waals surface area contributed by atoms with Gasteiger partial charge in [-0.1, -0.05) is 47.6 Å². The topological polar surface area (TPSA) is 61.8 Å². The molecule has 1 unspecified atom stereocenters. The molecule has 0 aromatic heterocycles. The number of aliphatic imine (C=N–C) groups is 1. The number of nitrogens with zero attached hydrogens (tertiary/aromatic N) is 2. The van der Waals surface area contributed by atoms with E-state index in [2.05, 4.69) is 10.3 Å². The van der Waals surface area contributed by atoms with Crippen molar-refractivity contribution in [3.05, 3.63) is 59.6 Å². The van der Waals surface area contributed by atoms with Crippen molar-refractivity contribution in [1.82, 2.24) is 4.90 Å². The van der Waals surface area contributed by atoms with Gasteiger partial charge in [0.05, 0.1) is 5.69 Å². The first-order valence-electron chi connectivity index (χ1n) is 7.66. The quantitative estimate of drug-likeness (QED) is 0.883. The van der Waals surface area contributed by atoms with Gasteiger partial charge in [0, 0.05) is 24.2 Å². The number of hydrogen-bond acceptors (Lipinski definition) is 4. The van der Waals surface area contributed by atoms with Crippen LogP contribution in [0.3, 0.4) is 0 Å². The number of thioether (sulfide) groups is 1. The summed E-state index contributed by atoms with van der Waals surface area (Å²) in [6, 6.07) is 16.3. The highest BCUT2D eigenvalue weighted by molar-refractivity contribution is 8.15. The van der Waals surface area contributed by atoms with Crippen LogP contribution in [0.15, 0.2) is 59.6 Å². The lowest BCUT2D eigenvalue weighted by atomic mass is 10.2. The summed E-state index contributed by atoms with van der Waals surface area (Å²) in [6.45, 7) is 0. The third-order valence-electron chi connectivity index (χ3n) is 3.60. The van der Waals surface area contributed by atoms with Gasteiger partial charge in [-0.3, -0.25) is 14.5 Å². The molecule has 0 bridgehead atoms. The fraction of sp³-hybridized carbons (Fsp3) is 0.167. The molecule has 128 valence electrons. The second kappa shape index (κ2) is 7.72. The Hall–Kier alpha value is -2.31. The molecule has 1 saturated heterocycles. The summed E-state index contributed by atoms with van der Waals surface area (Å²) in [5.41, 5.74) is 1.38. The lowest BCUT2D eigenvalue weighted by Crippen LogP contribution is -2.30. The predicted octanol–water partition coefficient (Wildman–Crippen LogP) is 3.93. The van der Waals surface area contributed by atoms with E-state index in [0.29, 0.717) is 21.6 Å². The van der Waals surface area contributed by atoms with E-state index in [1.165, 1.54) is 16.7 Å². The summed E-state index contributed by atoms with van der Waals surface area (Å²) in [5, 5.41) is 3.46. The van der Waals surface area contributed by atoms with E-state index < -0.39 is 5.25 Å². The lowest BCUT2D eigenvalue weighted by Gasteiger charge is -2.09. The number of benzene rings is 2. The highest BCUT2D eigenvalue weighted by Gasteiger charge is 2.36. The van der Waals surface area contributed by atoms with Gasteiger partial charge in [-0.05, 0) is 30.3 Å². The highest BCUT2D eigenvalue weighted by atomic mass is 35.5. The molecule has 3 rings (SSSR count). The van der Waals surface area contributed by atoms with Crippen LogP contribution in [-0.2, 0) is 9.59 Å². The Morgan fingerprint density at radius 2 is 2.00 bits per heavy atom. The van der Waals surface area contributed by atoms with Gasteiger partial charge in [-0.2, -0.15) is 0 Å². The number of para-hydroxylation sites is 1. The number of rotatable bonds is 4. The van der Waals surface area contributed by atoms with Crippen LogP contribution in [0.5, 0.6) is 0 Å². The minimum Gasteiger partial charge on any atom is -0.326 e. The van der Waals surface area contributed by atoms with Crippen LogP contribution in [0.2, 0.25) is 5.02 Å². The van der Waals surface area contributed by atoms with Crippen molar-refractivity contribution in [1.29, 1.82) is 0 Å². The largest absolute Gasteiger partial charge is 0.326 e. The molecule has 2 amide bonds. The minimum atomic E-state index is -0.480. The van der Waals surface area contributed by atoms with E-state index >= 15 is 0 Å². The number of amides is 2. The van der Waals surface area contributed by atoms with Crippen LogP contribution < -0.4 is 5.32 Å². The molecule has 0 spiro atoms. The molecule has 1 aliphatic rings. The number of hydrogen-bond donors (Lipinski definition) is 1. The Bertz CT molecular complexity index is 826. The minimum absolute atomic E-state index is 0.0945. The highest BCUT2D eigenvalue weighted by Crippen LogP contribution is 2.31. The van der Waals surface area contributed by atoms with Gasteiger partial charge >= 0.3 is 0 Å². The normalized spacial score (nSPS) is 18.6. The summed E-state index contributed by atoms with van der Waals surface area (Å²) in [5.74, 6) is -0.330. The van der Waals surface area contributed by atoms with Gasteiger partial charge < -0.3 is 5.32 Å². The first kappa shape index (κ1) is 17.5. The zero-order valence-corrected chi connectivity index (χ0v) is 15.1. The van der Waals surface area contributed by atoms with Crippen molar-refractivity contribution in [2.75, 3.05) is 12.4 Å². The lowest BCUT2D eigenvalue weighted by molar-refractivity contribution is -0.127. The Balaban J connectivity index is 1.67. The van der Waals surface area contributed by atoms with E-state index in [0.717, 1.165) is 0 Å². The van der Waals surface area contributed by atoms with Gasteiger partial charge in [0.25, 0.3) is 0 Å². The Kier molecular flexibility index (Phi) is 5.40. The van der Waals surface area contributed by atoms with Crippen LogP contribution in [-0.4, -0.2) is 34.2 Å². The average Bonchev–Trinajstić information content (AvgIpc) is 2.84. The van der Waals surface area contributed by atoms with Crippen molar-refractivity contribution in [3.8, 4) is 0 Å². The average molecular weight is 374 g/mol. The molecule has 7 heteroatoms. The number of amidine groups is 1. The fourth-order valence-electron chi connectivity index (χ4n) is 2.36. The Labute approximate surface area is 155 Å². The zero-order chi connectivity index (χ0) is 17.8. The first-order valence-corrected chi connectivity index (χ1v) is 8.92. The third kappa shape index (κ3) is 4.41. The second-order valence-electron chi connectivity index (χ2n) is 5.50. The molecule has 0 saturated carbocycles. The van der Waals surface area contributed by atoms with E-state index in [-0.39, 0.29) is 18.2 Å². The molecule has 1 aliphatic heterocycles. The Morgan fingerprint density at radius 3 is 2.72 bits per heavy atom. The number of carbonyl (C=O) groups is 2. The molecule has 25 heavy (non-hydrogen) atoms. The molecular weight excluding hydrogens is 358 g/mol. The molecule has 1 heterocycles. The molecule has 0 radical (unpaired) electrons. The van der Waals surface area contributed by atoms with Crippen LogP contribution in [0.4, 0.5) is 11.4 Å². The van der Waals surface area contributed by atoms with E-state index in [1.807, 2.05) is 24.3 Å². The van der Waals surface area contributed by atoms with Crippen molar-refractivity contribution in [2.45, 2.75) is 11.7 Å². The van der Waals surface area contributed by atoms with Crippen molar-refractivity contribution >= 4 is 51.7 Å². The molecule has 2 aromatic carbocycles. The maximum Gasteiger partial charge on any atom is 0.242 e. The van der Waals surface area contributed by atoms with Crippen molar-refractivity contribution in [3.63, 3.8) is 0 Å². The number of nitrogens with one attached hydrogen (secondary N) is 1. The SMILES string of the molecule is CN1C(=O)C(CC(=O)Nc2ccccc2)SC1=Nc1cccc(Cl)c1. The van der Waals surface area contributed by atoms with Crippen molar-refractivity contribution in [2.24, 2.45) is 4.99 Å². The fourth-order valence-corrected chi connectivity index (χ4v) is 3.69. The number of halogens is 1. The zero-order valence-electron chi connectivity index (χ0n) is 13.5. The first-order chi connectivity index (χ1) is 12.0. The van der Waals surface area contributed by atoms with Crippen LogP contribution in [0.1, 0.15) is 6.42 Å². The van der Waals surface area contributed by atoms with Gasteiger partial charge in [-0.15, -0.1) is 0 Å². The van der Waals surface area contributed by atoms with E-state index in [1.54, 1.807) is 37.4 Å². The summed E-state index contributed by atoms with van der Waals surface area (Å²) in [7, 11) is 1.66. The maximum atomic E-state index is 12.4. The van der Waals surface area contributed by atoms with Crippen LogP contribution in [0, 0.1) is 0 Å². The summed E-state index contributed by atoms with van der Waals surface area (Å²) in [6.07, 6.45) is 0.0945. The van der Waals surface area contributed by atoms with Gasteiger partial charge in [0.1, 0.15) is 5.25 Å². The smallest absolute Gasteiger partial charge is 0.242 e. The van der Waals surface area contributed by atoms with Crippen LogP contribution in [0.25, 0.3) is 0 Å². The van der Waals surface area contributed by atoms with Gasteiger partial charge in [-0.25, -0.2) is 4.99 Å². The molecule has 1 N–H and O–H groups in total. The second-order valence-corrected chi connectivity index (χ2v) is 7.10. The van der Waals surface area contributed by atoms with Crippen molar-refractivity contribution < 1.29 is 9.59 Å². The molecule has 2 aromatic rings. The molecule has 1 atom stereocenters. The molecule has 1 fully saturated rings. The number of carbonyl (C=O) groups excluding carboxylic acids is 2. The standard InChI is InChI=1S/C18H16ClN3O2S/c1-22-17(24)15(11-16(23)20-13-7-3-2-4-8-13)25-18(22)21-14-9-5-6-12(19)10-14/h2-10,15H,11H2,1H3,(H,20,23).